The molecule has 0 radical (unpaired) electrons. The molecule has 0 aliphatic heterocycles. The van der Waals surface area contributed by atoms with Gasteiger partial charge < -0.3 is 4.57 Å². The topological polar surface area (TPSA) is 38.1 Å². The van der Waals surface area contributed by atoms with Crippen LogP contribution in [0.4, 0.5) is 0 Å². The summed E-state index contributed by atoms with van der Waals surface area (Å²) in [5.74, 6) is 1.41. The molecule has 0 amide bonds. The van der Waals surface area contributed by atoms with E-state index in [-0.39, 0.29) is 0 Å². The van der Waals surface area contributed by atoms with Crippen LogP contribution in [0.5, 0.6) is 0 Å². The summed E-state index contributed by atoms with van der Waals surface area (Å²) in [7, 11) is 4.06. The van der Waals surface area contributed by atoms with Crippen molar-refractivity contribution in [3.8, 4) is 0 Å². The molecule has 90 valence electrons. The zero-order chi connectivity index (χ0) is 12.0. The fraction of sp³-hybridized carbons (Fsp3) is 0.667. The predicted molar refractivity (Wildman–Crippen MR) is 64.1 cm³/mol. The lowest BCUT2D eigenvalue weighted by Gasteiger charge is -2.15. The zero-order valence-corrected chi connectivity index (χ0v) is 10.4. The average molecular weight is 223 g/mol. The Labute approximate surface area is 97.3 Å². The highest BCUT2D eigenvalue weighted by Crippen LogP contribution is 2.02. The van der Waals surface area contributed by atoms with Crippen LogP contribution < -0.4 is 0 Å². The van der Waals surface area contributed by atoms with Crippen LogP contribution in [0, 0.1) is 0 Å². The summed E-state index contributed by atoms with van der Waals surface area (Å²) in [6.07, 6.45) is 6.05. The molecule has 4 nitrogen and oxygen atoms in total. The highest BCUT2D eigenvalue weighted by atomic mass is 16.1. The van der Waals surface area contributed by atoms with E-state index in [0.717, 1.165) is 25.3 Å². The van der Waals surface area contributed by atoms with Crippen molar-refractivity contribution in [1.82, 2.24) is 14.5 Å². The summed E-state index contributed by atoms with van der Waals surface area (Å²) in [5, 5.41) is 0. The van der Waals surface area contributed by atoms with Gasteiger partial charge in [0, 0.05) is 32.3 Å². The molecule has 4 heteroatoms. The van der Waals surface area contributed by atoms with Crippen LogP contribution in [0.3, 0.4) is 0 Å². The van der Waals surface area contributed by atoms with Gasteiger partial charge in [-0.25, -0.2) is 4.98 Å². The lowest BCUT2D eigenvalue weighted by molar-refractivity contribution is -0.118. The molecule has 0 atom stereocenters. The Morgan fingerprint density at radius 1 is 1.56 bits per heavy atom. The second kappa shape index (κ2) is 6.43. The summed E-state index contributed by atoms with van der Waals surface area (Å²) in [5.41, 5.74) is 0. The van der Waals surface area contributed by atoms with Gasteiger partial charge in [-0.2, -0.15) is 0 Å². The minimum atomic E-state index is 0.352. The van der Waals surface area contributed by atoms with Gasteiger partial charge in [-0.15, -0.1) is 0 Å². The van der Waals surface area contributed by atoms with Crippen LogP contribution in [0.25, 0.3) is 0 Å². The number of nitrogens with zero attached hydrogens (tertiary/aromatic N) is 3. The lowest BCUT2D eigenvalue weighted by Crippen LogP contribution is -2.21. The van der Waals surface area contributed by atoms with Crippen molar-refractivity contribution in [2.24, 2.45) is 7.05 Å². The number of ketones is 1. The first-order valence-electron chi connectivity index (χ1n) is 5.80. The largest absolute Gasteiger partial charge is 0.337 e. The van der Waals surface area contributed by atoms with E-state index in [0.29, 0.717) is 18.6 Å². The molecule has 1 heterocycles. The minimum Gasteiger partial charge on any atom is -0.337 e. The number of imidazole rings is 1. The summed E-state index contributed by atoms with van der Waals surface area (Å²) in [6, 6.07) is 0. The van der Waals surface area contributed by atoms with E-state index in [9.17, 15) is 4.79 Å². The molecule has 0 aromatic carbocycles. The zero-order valence-electron chi connectivity index (χ0n) is 10.4. The number of rotatable bonds is 7. The first-order chi connectivity index (χ1) is 7.63. The lowest BCUT2D eigenvalue weighted by atomic mass is 10.2. The standard InChI is InChI=1S/C12H21N3O/c1-4-11(16)6-5-8-14(2)10-12-13-7-9-15(12)3/h7,9H,4-6,8,10H2,1-3H3. The molecule has 0 bridgehead atoms. The quantitative estimate of drug-likeness (QED) is 0.705. The molecule has 1 aromatic rings. The molecule has 0 N–H and O–H groups in total. The fourth-order valence-corrected chi connectivity index (χ4v) is 1.59. The Morgan fingerprint density at radius 3 is 2.88 bits per heavy atom. The van der Waals surface area contributed by atoms with Crippen LogP contribution in [0.2, 0.25) is 0 Å². The molecule has 0 saturated heterocycles. The van der Waals surface area contributed by atoms with Gasteiger partial charge in [0.25, 0.3) is 0 Å². The Morgan fingerprint density at radius 2 is 2.31 bits per heavy atom. The van der Waals surface area contributed by atoms with Crippen LogP contribution in [0.1, 0.15) is 32.0 Å². The number of carbonyl (C=O) groups excluding carboxylic acids is 1. The van der Waals surface area contributed by atoms with Gasteiger partial charge >= 0.3 is 0 Å². The second-order valence-corrected chi connectivity index (χ2v) is 4.19. The molecule has 0 fully saturated rings. The average Bonchev–Trinajstić information content (AvgIpc) is 2.64. The highest BCUT2D eigenvalue weighted by Gasteiger charge is 2.05. The number of aromatic nitrogens is 2. The third kappa shape index (κ3) is 4.14. The molecule has 0 aliphatic carbocycles. The molecule has 16 heavy (non-hydrogen) atoms. The Kier molecular flexibility index (Phi) is 5.19. The van der Waals surface area contributed by atoms with Crippen molar-refractivity contribution >= 4 is 5.78 Å². The molecular weight excluding hydrogens is 202 g/mol. The summed E-state index contributed by atoms with van der Waals surface area (Å²) < 4.78 is 2.02. The third-order valence-electron chi connectivity index (χ3n) is 2.72. The van der Waals surface area contributed by atoms with Crippen LogP contribution in [0.15, 0.2) is 12.4 Å². The molecule has 0 spiro atoms. The van der Waals surface area contributed by atoms with Crippen molar-refractivity contribution in [1.29, 1.82) is 0 Å². The van der Waals surface area contributed by atoms with Gasteiger partial charge in [-0.3, -0.25) is 9.69 Å². The minimum absolute atomic E-state index is 0.352. The molecule has 0 unspecified atom stereocenters. The predicted octanol–water partition coefficient (Wildman–Crippen LogP) is 1.61. The van der Waals surface area contributed by atoms with Gasteiger partial charge in [0.2, 0.25) is 0 Å². The normalized spacial score (nSPS) is 11.0. The number of aryl methyl sites for hydroxylation is 1. The van der Waals surface area contributed by atoms with Gasteiger partial charge in [-0.05, 0) is 20.0 Å². The third-order valence-corrected chi connectivity index (χ3v) is 2.72. The van der Waals surface area contributed by atoms with E-state index in [1.54, 1.807) is 0 Å². The summed E-state index contributed by atoms with van der Waals surface area (Å²) in [6.45, 7) is 3.70. The SMILES string of the molecule is CCC(=O)CCCN(C)Cc1nccn1C. The molecule has 0 saturated carbocycles. The van der Waals surface area contributed by atoms with E-state index < -0.39 is 0 Å². The first kappa shape index (κ1) is 12.9. The van der Waals surface area contributed by atoms with Crippen LogP contribution >= 0.6 is 0 Å². The van der Waals surface area contributed by atoms with Gasteiger partial charge in [0.15, 0.2) is 0 Å². The van der Waals surface area contributed by atoms with E-state index in [1.807, 2.05) is 30.9 Å². The number of carbonyl (C=O) groups is 1. The smallest absolute Gasteiger partial charge is 0.132 e. The van der Waals surface area contributed by atoms with Gasteiger partial charge in [0.05, 0.1) is 6.54 Å². The maximum absolute atomic E-state index is 11.1. The fourth-order valence-electron chi connectivity index (χ4n) is 1.59. The Bertz CT molecular complexity index is 333. The molecular formula is C12H21N3O. The Hall–Kier alpha value is -1.16. The highest BCUT2D eigenvalue weighted by molar-refractivity contribution is 5.77. The maximum Gasteiger partial charge on any atom is 0.132 e. The number of hydrogen-bond acceptors (Lipinski definition) is 3. The van der Waals surface area contributed by atoms with Gasteiger partial charge in [-0.1, -0.05) is 6.92 Å². The Balaban J connectivity index is 2.24. The maximum atomic E-state index is 11.1. The van der Waals surface area contributed by atoms with E-state index >= 15 is 0 Å². The van der Waals surface area contributed by atoms with Crippen molar-refractivity contribution in [3.05, 3.63) is 18.2 Å². The first-order valence-corrected chi connectivity index (χ1v) is 5.80. The van der Waals surface area contributed by atoms with E-state index in [4.69, 9.17) is 0 Å². The molecule has 1 rings (SSSR count). The van der Waals surface area contributed by atoms with Crippen molar-refractivity contribution in [2.45, 2.75) is 32.7 Å². The van der Waals surface area contributed by atoms with Crippen LogP contribution in [-0.2, 0) is 18.4 Å². The van der Waals surface area contributed by atoms with Crippen molar-refractivity contribution < 1.29 is 4.79 Å². The number of Topliss-reactive ketones (excluding diaryl/α,β-unsaturated/α-hetero) is 1. The van der Waals surface area contributed by atoms with Crippen LogP contribution in [-0.4, -0.2) is 33.8 Å². The van der Waals surface area contributed by atoms with Gasteiger partial charge in [0.1, 0.15) is 11.6 Å². The van der Waals surface area contributed by atoms with Crippen molar-refractivity contribution in [2.75, 3.05) is 13.6 Å². The van der Waals surface area contributed by atoms with Crippen molar-refractivity contribution in [3.63, 3.8) is 0 Å². The van der Waals surface area contributed by atoms with E-state index in [2.05, 4.69) is 16.9 Å². The second-order valence-electron chi connectivity index (χ2n) is 4.19. The number of hydrogen-bond donors (Lipinski definition) is 0. The summed E-state index contributed by atoms with van der Waals surface area (Å²) >= 11 is 0. The molecule has 0 aliphatic rings. The molecule has 1 aromatic heterocycles. The van der Waals surface area contributed by atoms with E-state index in [1.165, 1.54) is 0 Å². The monoisotopic (exact) mass is 223 g/mol. The summed E-state index contributed by atoms with van der Waals surface area (Å²) in [4.78, 5) is 17.6.